The fraction of sp³-hybridized carbons (Fsp3) is 0.192. The molecule has 1 aromatic heterocycles. The van der Waals surface area contributed by atoms with E-state index in [9.17, 15) is 19.2 Å². The minimum atomic E-state index is -0.636. The molecule has 0 spiro atoms. The number of amides is 3. The molecule has 2 heterocycles. The Balaban J connectivity index is 1.51. The van der Waals surface area contributed by atoms with E-state index < -0.39 is 23.7 Å². The van der Waals surface area contributed by atoms with Gasteiger partial charge in [-0.3, -0.25) is 19.7 Å². The maximum atomic E-state index is 13.1. The third kappa shape index (κ3) is 5.25. The summed E-state index contributed by atoms with van der Waals surface area (Å²) < 4.78 is 5.00. The molecule has 0 saturated heterocycles. The fourth-order valence-electron chi connectivity index (χ4n) is 3.60. The lowest BCUT2D eigenvalue weighted by atomic mass is 10.1. The molecule has 0 saturated carbocycles. The van der Waals surface area contributed by atoms with Gasteiger partial charge in [0.25, 0.3) is 17.7 Å². The van der Waals surface area contributed by atoms with Gasteiger partial charge in [-0.05, 0) is 69.2 Å². The van der Waals surface area contributed by atoms with Crippen LogP contribution in [-0.2, 0) is 14.3 Å². The Kier molecular flexibility index (Phi) is 7.42. The predicted octanol–water partition coefficient (Wildman–Crippen LogP) is 4.93. The largest absolute Gasteiger partial charge is 0.462 e. The van der Waals surface area contributed by atoms with Crippen molar-refractivity contribution in [2.45, 2.75) is 27.7 Å². The first-order chi connectivity index (χ1) is 17.6. The van der Waals surface area contributed by atoms with Crippen molar-refractivity contribution in [3.8, 4) is 0 Å². The maximum Gasteiger partial charge on any atom is 0.350 e. The number of aryl methyl sites for hydroxylation is 3. The minimum Gasteiger partial charge on any atom is -0.462 e. The van der Waals surface area contributed by atoms with Crippen LogP contribution in [0.4, 0.5) is 16.5 Å². The van der Waals surface area contributed by atoms with Gasteiger partial charge in [0.2, 0.25) is 0 Å². The number of hydrogen-bond acceptors (Lipinski definition) is 8. The van der Waals surface area contributed by atoms with Crippen molar-refractivity contribution >= 4 is 63.1 Å². The topological polar surface area (TPSA) is 118 Å². The lowest BCUT2D eigenvalue weighted by Gasteiger charge is -2.16. The van der Waals surface area contributed by atoms with E-state index in [-0.39, 0.29) is 28.0 Å². The van der Waals surface area contributed by atoms with E-state index in [0.717, 1.165) is 27.4 Å². The molecule has 2 aromatic carbocycles. The number of aromatic nitrogens is 1. The summed E-state index contributed by atoms with van der Waals surface area (Å²) in [5.41, 5.74) is 3.38. The summed E-state index contributed by atoms with van der Waals surface area (Å²) in [7, 11) is 0. The molecule has 1 aliphatic heterocycles. The lowest BCUT2D eigenvalue weighted by Crippen LogP contribution is -2.32. The molecular weight excluding hydrogens is 516 g/mol. The monoisotopic (exact) mass is 538 g/mol. The molecule has 2 N–H and O–H groups in total. The van der Waals surface area contributed by atoms with Gasteiger partial charge in [-0.2, -0.15) is 0 Å². The molecule has 0 radical (unpaired) electrons. The summed E-state index contributed by atoms with van der Waals surface area (Å²) in [4.78, 5) is 56.3. The van der Waals surface area contributed by atoms with E-state index >= 15 is 0 Å². The van der Waals surface area contributed by atoms with Gasteiger partial charge in [0.15, 0.2) is 5.13 Å². The van der Waals surface area contributed by atoms with Crippen molar-refractivity contribution in [3.05, 3.63) is 80.5 Å². The van der Waals surface area contributed by atoms with Crippen LogP contribution in [-0.4, -0.2) is 35.3 Å². The van der Waals surface area contributed by atoms with Gasteiger partial charge >= 0.3 is 5.97 Å². The van der Waals surface area contributed by atoms with Crippen LogP contribution in [0.15, 0.2) is 53.2 Å². The van der Waals surface area contributed by atoms with Crippen molar-refractivity contribution in [2.75, 3.05) is 22.1 Å². The molecule has 190 valence electrons. The van der Waals surface area contributed by atoms with E-state index in [4.69, 9.17) is 16.3 Å². The summed E-state index contributed by atoms with van der Waals surface area (Å²) in [5.74, 6) is -2.21. The number of imide groups is 1. The molecule has 9 nitrogen and oxygen atoms in total. The first-order valence-corrected chi connectivity index (χ1v) is 12.5. The predicted molar refractivity (Wildman–Crippen MR) is 142 cm³/mol. The van der Waals surface area contributed by atoms with Crippen LogP contribution in [0, 0.1) is 20.8 Å². The van der Waals surface area contributed by atoms with Crippen molar-refractivity contribution in [1.82, 2.24) is 4.98 Å². The number of rotatable bonds is 7. The number of benzene rings is 2. The number of ether oxygens (including phenoxy) is 1. The standard InChI is InChI=1S/C26H23ClN4O5S/c1-5-36-25(35)21-15(4)28-26(37-21)30-22(32)16-7-6-8-17(12-16)29-20-19(27)23(33)31(24(20)34)18-10-9-13(2)14(3)11-18/h6-12,29H,5H2,1-4H3,(H,28,30,32). The zero-order valence-electron chi connectivity index (χ0n) is 20.5. The zero-order valence-corrected chi connectivity index (χ0v) is 22.0. The van der Waals surface area contributed by atoms with Crippen LogP contribution >= 0.6 is 22.9 Å². The molecule has 0 atom stereocenters. The molecule has 0 unspecified atom stereocenters. The number of hydrogen-bond donors (Lipinski definition) is 2. The van der Waals surface area contributed by atoms with E-state index in [0.29, 0.717) is 21.9 Å². The highest BCUT2D eigenvalue weighted by Crippen LogP contribution is 2.31. The summed E-state index contributed by atoms with van der Waals surface area (Å²) in [5, 5.41) is 5.54. The second-order valence-electron chi connectivity index (χ2n) is 8.22. The highest BCUT2D eigenvalue weighted by molar-refractivity contribution is 7.17. The third-order valence-corrected chi connectivity index (χ3v) is 7.05. The lowest BCUT2D eigenvalue weighted by molar-refractivity contribution is -0.120. The van der Waals surface area contributed by atoms with Crippen LogP contribution in [0.25, 0.3) is 0 Å². The first kappa shape index (κ1) is 26.1. The molecule has 4 rings (SSSR count). The smallest absolute Gasteiger partial charge is 0.350 e. The Hall–Kier alpha value is -4.02. The Morgan fingerprint density at radius 3 is 2.51 bits per heavy atom. The van der Waals surface area contributed by atoms with Gasteiger partial charge in [0, 0.05) is 11.3 Å². The van der Waals surface area contributed by atoms with E-state index in [1.165, 1.54) is 6.07 Å². The minimum absolute atomic E-state index is 0.0860. The molecular formula is C26H23ClN4O5S. The van der Waals surface area contributed by atoms with Gasteiger partial charge in [-0.15, -0.1) is 0 Å². The van der Waals surface area contributed by atoms with Gasteiger partial charge in [0.1, 0.15) is 15.6 Å². The third-order valence-electron chi connectivity index (χ3n) is 5.65. The number of halogens is 1. The average molecular weight is 539 g/mol. The van der Waals surface area contributed by atoms with Crippen LogP contribution in [0.3, 0.4) is 0 Å². The van der Waals surface area contributed by atoms with Crippen LogP contribution in [0.1, 0.15) is 43.8 Å². The highest BCUT2D eigenvalue weighted by Gasteiger charge is 2.39. The van der Waals surface area contributed by atoms with Crippen molar-refractivity contribution in [2.24, 2.45) is 0 Å². The number of esters is 1. The summed E-state index contributed by atoms with van der Waals surface area (Å²) in [6.45, 7) is 7.41. The number of anilines is 3. The quantitative estimate of drug-likeness (QED) is 0.323. The number of nitrogens with zero attached hydrogens (tertiary/aromatic N) is 2. The number of thiazole rings is 1. The van der Waals surface area contributed by atoms with Gasteiger partial charge in [-0.1, -0.05) is 35.1 Å². The van der Waals surface area contributed by atoms with Crippen LogP contribution in [0.5, 0.6) is 0 Å². The Labute approximate surface area is 222 Å². The molecule has 0 bridgehead atoms. The van der Waals surface area contributed by atoms with Gasteiger partial charge in [0.05, 0.1) is 18.0 Å². The summed E-state index contributed by atoms with van der Waals surface area (Å²) in [6, 6.07) is 11.6. The Morgan fingerprint density at radius 2 is 1.81 bits per heavy atom. The highest BCUT2D eigenvalue weighted by atomic mass is 35.5. The Bertz CT molecular complexity index is 1480. The second kappa shape index (κ2) is 10.5. The van der Waals surface area contributed by atoms with E-state index in [1.54, 1.807) is 44.2 Å². The van der Waals surface area contributed by atoms with E-state index in [2.05, 4.69) is 15.6 Å². The summed E-state index contributed by atoms with van der Waals surface area (Å²) in [6.07, 6.45) is 0. The molecule has 0 fully saturated rings. The van der Waals surface area contributed by atoms with E-state index in [1.807, 2.05) is 19.9 Å². The zero-order chi connectivity index (χ0) is 26.9. The Morgan fingerprint density at radius 1 is 1.05 bits per heavy atom. The molecule has 1 aliphatic rings. The van der Waals surface area contributed by atoms with Gasteiger partial charge in [-0.25, -0.2) is 14.7 Å². The second-order valence-corrected chi connectivity index (χ2v) is 9.59. The average Bonchev–Trinajstić information content (AvgIpc) is 3.33. The van der Waals surface area contributed by atoms with Crippen LogP contribution in [0.2, 0.25) is 0 Å². The number of carbonyl (C=O) groups is 4. The SMILES string of the molecule is CCOC(=O)c1sc(NC(=O)c2cccc(NC3=C(Cl)C(=O)N(c4ccc(C)c(C)c4)C3=O)c2)nc1C. The molecule has 0 aliphatic carbocycles. The summed E-state index contributed by atoms with van der Waals surface area (Å²) >= 11 is 7.26. The number of carbonyl (C=O) groups excluding carboxylic acids is 4. The van der Waals surface area contributed by atoms with Crippen molar-refractivity contribution in [1.29, 1.82) is 0 Å². The van der Waals surface area contributed by atoms with Crippen molar-refractivity contribution in [3.63, 3.8) is 0 Å². The van der Waals surface area contributed by atoms with Crippen molar-refractivity contribution < 1.29 is 23.9 Å². The first-order valence-electron chi connectivity index (χ1n) is 11.3. The number of nitrogens with one attached hydrogen (secondary N) is 2. The maximum absolute atomic E-state index is 13.1. The molecule has 11 heteroatoms. The molecule has 37 heavy (non-hydrogen) atoms. The fourth-order valence-corrected chi connectivity index (χ4v) is 4.67. The molecule has 3 amide bonds. The normalized spacial score (nSPS) is 13.3. The van der Waals surface area contributed by atoms with Gasteiger partial charge < -0.3 is 10.1 Å². The van der Waals surface area contributed by atoms with Crippen LogP contribution < -0.4 is 15.5 Å². The molecule has 3 aromatic rings.